The van der Waals surface area contributed by atoms with Crippen molar-refractivity contribution in [3.63, 3.8) is 0 Å². The molecule has 1 fully saturated rings. The topological polar surface area (TPSA) is 26.3 Å². The van der Waals surface area contributed by atoms with E-state index in [-0.39, 0.29) is 5.78 Å². The highest BCUT2D eigenvalue weighted by Crippen LogP contribution is 2.36. The molecule has 0 heterocycles. The van der Waals surface area contributed by atoms with Gasteiger partial charge in [0, 0.05) is 12.7 Å². The van der Waals surface area contributed by atoms with Gasteiger partial charge in [-0.3, -0.25) is 4.79 Å². The van der Waals surface area contributed by atoms with Crippen molar-refractivity contribution in [3.8, 4) is 0 Å². The van der Waals surface area contributed by atoms with Crippen LogP contribution in [0.5, 0.6) is 0 Å². The molecule has 0 amide bonds. The van der Waals surface area contributed by atoms with Gasteiger partial charge in [-0.25, -0.2) is 0 Å². The summed E-state index contributed by atoms with van der Waals surface area (Å²) in [5.41, 5.74) is -0.0832. The Hall–Kier alpha value is -0.570. The summed E-state index contributed by atoms with van der Waals surface area (Å²) in [5, 5.41) is 0.864. The molecule has 0 bridgehead atoms. The number of methoxy groups -OCH3 is 1. The molecule has 1 aromatic rings. The van der Waals surface area contributed by atoms with E-state index in [4.69, 9.17) is 27.9 Å². The number of ether oxygens (including phenoxy) is 1. The average Bonchev–Trinajstić information content (AvgIpc) is 2.81. The Bertz CT molecular complexity index is 437. The van der Waals surface area contributed by atoms with E-state index in [0.29, 0.717) is 15.6 Å². The molecular formula is C13H14Cl2O2. The quantitative estimate of drug-likeness (QED) is 0.774. The Morgan fingerprint density at radius 2 is 1.88 bits per heavy atom. The number of rotatable bonds is 3. The largest absolute Gasteiger partial charge is 0.370 e. The van der Waals surface area contributed by atoms with Crippen molar-refractivity contribution in [2.24, 2.45) is 0 Å². The standard InChI is InChI=1S/C13H14Cl2O2/c1-17-13(6-2-3-7-13)12(16)9-4-5-10(14)11(15)8-9/h4-5,8H,2-3,6-7H2,1H3. The molecule has 1 aliphatic carbocycles. The highest BCUT2D eigenvalue weighted by Gasteiger charge is 2.41. The van der Waals surface area contributed by atoms with Crippen LogP contribution in [0.25, 0.3) is 0 Å². The van der Waals surface area contributed by atoms with E-state index >= 15 is 0 Å². The van der Waals surface area contributed by atoms with Gasteiger partial charge in [-0.15, -0.1) is 0 Å². The fraction of sp³-hybridized carbons (Fsp3) is 0.462. The lowest BCUT2D eigenvalue weighted by Crippen LogP contribution is -2.37. The molecular weight excluding hydrogens is 259 g/mol. The SMILES string of the molecule is COC1(C(=O)c2ccc(Cl)c(Cl)c2)CCCC1. The first-order valence-electron chi connectivity index (χ1n) is 5.64. The van der Waals surface area contributed by atoms with Gasteiger partial charge >= 0.3 is 0 Å². The van der Waals surface area contributed by atoms with Gasteiger partial charge < -0.3 is 4.74 Å². The van der Waals surface area contributed by atoms with E-state index in [9.17, 15) is 4.79 Å². The molecule has 0 aliphatic heterocycles. The third-order valence-corrected chi connectivity index (χ3v) is 4.14. The lowest BCUT2D eigenvalue weighted by Gasteiger charge is -2.25. The molecule has 0 atom stereocenters. The predicted molar refractivity (Wildman–Crippen MR) is 69.0 cm³/mol. The summed E-state index contributed by atoms with van der Waals surface area (Å²) in [4.78, 5) is 12.4. The van der Waals surface area contributed by atoms with Crippen LogP contribution in [0.15, 0.2) is 18.2 Å². The zero-order valence-electron chi connectivity index (χ0n) is 9.63. The van der Waals surface area contributed by atoms with Crippen LogP contribution in [-0.4, -0.2) is 18.5 Å². The van der Waals surface area contributed by atoms with Crippen LogP contribution in [0.1, 0.15) is 36.0 Å². The average molecular weight is 273 g/mol. The molecule has 1 aliphatic rings. The number of ketones is 1. The Kier molecular flexibility index (Phi) is 3.76. The van der Waals surface area contributed by atoms with Crippen molar-refractivity contribution < 1.29 is 9.53 Å². The van der Waals surface area contributed by atoms with E-state index in [1.54, 1.807) is 25.3 Å². The molecule has 0 unspecified atom stereocenters. The van der Waals surface area contributed by atoms with Crippen molar-refractivity contribution in [1.29, 1.82) is 0 Å². The first-order valence-corrected chi connectivity index (χ1v) is 6.40. The molecule has 1 saturated carbocycles. The lowest BCUT2D eigenvalue weighted by atomic mass is 9.91. The van der Waals surface area contributed by atoms with Crippen LogP contribution in [0.2, 0.25) is 10.0 Å². The first-order chi connectivity index (χ1) is 8.09. The second-order valence-electron chi connectivity index (χ2n) is 4.36. The summed E-state index contributed by atoms with van der Waals surface area (Å²) in [6.07, 6.45) is 3.62. The minimum absolute atomic E-state index is 0.0102. The summed E-state index contributed by atoms with van der Waals surface area (Å²) in [6.45, 7) is 0. The van der Waals surface area contributed by atoms with Crippen LogP contribution < -0.4 is 0 Å². The van der Waals surface area contributed by atoms with Crippen molar-refractivity contribution in [3.05, 3.63) is 33.8 Å². The number of carbonyl (C=O) groups excluding carboxylic acids is 1. The summed E-state index contributed by atoms with van der Waals surface area (Å²) in [7, 11) is 1.60. The van der Waals surface area contributed by atoms with Crippen molar-refractivity contribution >= 4 is 29.0 Å². The Labute approximate surface area is 111 Å². The van der Waals surface area contributed by atoms with Gasteiger partial charge in [-0.2, -0.15) is 0 Å². The summed E-state index contributed by atoms with van der Waals surface area (Å²) in [6, 6.07) is 4.97. The molecule has 0 spiro atoms. The van der Waals surface area contributed by atoms with Crippen LogP contribution in [0.4, 0.5) is 0 Å². The van der Waals surface area contributed by atoms with E-state index < -0.39 is 5.60 Å². The van der Waals surface area contributed by atoms with Gasteiger partial charge in [0.2, 0.25) is 0 Å². The number of hydrogen-bond donors (Lipinski definition) is 0. The maximum absolute atomic E-state index is 12.4. The monoisotopic (exact) mass is 272 g/mol. The smallest absolute Gasteiger partial charge is 0.194 e. The third-order valence-electron chi connectivity index (χ3n) is 3.40. The highest BCUT2D eigenvalue weighted by atomic mass is 35.5. The molecule has 0 aromatic heterocycles. The molecule has 2 rings (SSSR count). The van der Waals surface area contributed by atoms with E-state index in [0.717, 1.165) is 25.7 Å². The molecule has 0 saturated heterocycles. The van der Waals surface area contributed by atoms with Gasteiger partial charge in [0.1, 0.15) is 5.60 Å². The van der Waals surface area contributed by atoms with Crippen LogP contribution in [-0.2, 0) is 4.74 Å². The van der Waals surface area contributed by atoms with Crippen LogP contribution in [0.3, 0.4) is 0 Å². The Morgan fingerprint density at radius 3 is 2.41 bits per heavy atom. The fourth-order valence-corrected chi connectivity index (χ4v) is 2.67. The van der Waals surface area contributed by atoms with Crippen molar-refractivity contribution in [1.82, 2.24) is 0 Å². The number of Topliss-reactive ketones (excluding diaryl/α,β-unsaturated/α-hetero) is 1. The second kappa shape index (κ2) is 4.97. The number of carbonyl (C=O) groups is 1. The maximum Gasteiger partial charge on any atom is 0.194 e. The third kappa shape index (κ3) is 2.35. The molecule has 0 N–H and O–H groups in total. The Morgan fingerprint density at radius 1 is 1.24 bits per heavy atom. The zero-order valence-corrected chi connectivity index (χ0v) is 11.1. The zero-order chi connectivity index (χ0) is 12.5. The van der Waals surface area contributed by atoms with E-state index in [1.807, 2.05) is 0 Å². The van der Waals surface area contributed by atoms with Crippen molar-refractivity contribution in [2.75, 3.05) is 7.11 Å². The molecule has 2 nitrogen and oxygen atoms in total. The summed E-state index contributed by atoms with van der Waals surface area (Å²) >= 11 is 11.8. The second-order valence-corrected chi connectivity index (χ2v) is 5.18. The predicted octanol–water partition coefficient (Wildman–Crippen LogP) is 4.14. The first kappa shape index (κ1) is 12.9. The van der Waals surface area contributed by atoms with Gasteiger partial charge in [0.25, 0.3) is 0 Å². The lowest BCUT2D eigenvalue weighted by molar-refractivity contribution is 0.00602. The Balaban J connectivity index is 2.32. The minimum Gasteiger partial charge on any atom is -0.370 e. The van der Waals surface area contributed by atoms with E-state index in [2.05, 4.69) is 0 Å². The summed E-state index contributed by atoms with van der Waals surface area (Å²) < 4.78 is 5.46. The van der Waals surface area contributed by atoms with E-state index in [1.165, 1.54) is 0 Å². The van der Waals surface area contributed by atoms with Gasteiger partial charge in [0.15, 0.2) is 5.78 Å². The highest BCUT2D eigenvalue weighted by molar-refractivity contribution is 6.42. The molecule has 92 valence electrons. The molecule has 4 heteroatoms. The van der Waals surface area contributed by atoms with Gasteiger partial charge in [-0.1, -0.05) is 23.2 Å². The molecule has 17 heavy (non-hydrogen) atoms. The fourth-order valence-electron chi connectivity index (χ4n) is 2.37. The maximum atomic E-state index is 12.4. The summed E-state index contributed by atoms with van der Waals surface area (Å²) in [5.74, 6) is 0.0102. The van der Waals surface area contributed by atoms with Crippen LogP contribution >= 0.6 is 23.2 Å². The number of halogens is 2. The molecule has 1 aromatic carbocycles. The molecule has 0 radical (unpaired) electrons. The number of benzene rings is 1. The van der Waals surface area contributed by atoms with Gasteiger partial charge in [0.05, 0.1) is 10.0 Å². The minimum atomic E-state index is -0.656. The normalized spacial score (nSPS) is 18.3. The van der Waals surface area contributed by atoms with Crippen molar-refractivity contribution in [2.45, 2.75) is 31.3 Å². The van der Waals surface area contributed by atoms with Crippen LogP contribution in [0, 0.1) is 0 Å². The van der Waals surface area contributed by atoms with Gasteiger partial charge in [-0.05, 0) is 43.9 Å². The number of hydrogen-bond acceptors (Lipinski definition) is 2.